The number of halogens is 3. The molecule has 3 heteroatoms. The van der Waals surface area contributed by atoms with Crippen LogP contribution in [0.25, 0.3) is 0 Å². The Balaban J connectivity index is 2.31. The summed E-state index contributed by atoms with van der Waals surface area (Å²) in [5, 5.41) is 0. The zero-order chi connectivity index (χ0) is 8.93. The molecule has 0 aromatic heterocycles. The summed E-state index contributed by atoms with van der Waals surface area (Å²) in [4.78, 5) is 0. The highest BCUT2D eigenvalue weighted by atomic mass is 19.4. The van der Waals surface area contributed by atoms with E-state index in [9.17, 15) is 13.2 Å². The first-order valence-electron chi connectivity index (χ1n) is 3.95. The van der Waals surface area contributed by atoms with Crippen molar-refractivity contribution < 1.29 is 13.2 Å². The van der Waals surface area contributed by atoms with E-state index in [4.69, 9.17) is 0 Å². The molecular weight excluding hydrogens is 165 g/mol. The van der Waals surface area contributed by atoms with E-state index >= 15 is 0 Å². The highest BCUT2D eigenvalue weighted by molar-refractivity contribution is 5.37. The van der Waals surface area contributed by atoms with Gasteiger partial charge in [-0.15, -0.1) is 0 Å². The highest BCUT2D eigenvalue weighted by Gasteiger charge is 2.50. The van der Waals surface area contributed by atoms with Crippen LogP contribution in [0.3, 0.4) is 0 Å². The molecule has 2 rings (SSSR count). The zero-order valence-electron chi connectivity index (χ0n) is 6.65. The lowest BCUT2D eigenvalue weighted by Crippen LogP contribution is -2.15. The summed E-state index contributed by atoms with van der Waals surface area (Å²) in [7, 11) is 0. The lowest BCUT2D eigenvalue weighted by atomic mass is 10.00. The molecule has 2 unspecified atom stereocenters. The van der Waals surface area contributed by atoms with Crippen molar-refractivity contribution in [2.24, 2.45) is 11.8 Å². The second-order valence-corrected chi connectivity index (χ2v) is 3.51. The van der Waals surface area contributed by atoms with Crippen molar-refractivity contribution in [1.82, 2.24) is 0 Å². The predicted octanol–water partition coefficient (Wildman–Crippen LogP) is 3.07. The number of alkyl halides is 3. The van der Waals surface area contributed by atoms with Gasteiger partial charge in [0.05, 0.1) is 0 Å². The van der Waals surface area contributed by atoms with Gasteiger partial charge in [-0.2, -0.15) is 13.2 Å². The predicted molar refractivity (Wildman–Crippen MR) is 39.5 cm³/mol. The largest absolute Gasteiger partial charge is 0.412 e. The first-order valence-corrected chi connectivity index (χ1v) is 3.95. The first-order chi connectivity index (χ1) is 5.48. The molecule has 0 amide bonds. The van der Waals surface area contributed by atoms with Crippen LogP contribution < -0.4 is 0 Å². The second kappa shape index (κ2) is 2.15. The Hall–Kier alpha value is -0.730. The summed E-state index contributed by atoms with van der Waals surface area (Å²) < 4.78 is 36.9. The van der Waals surface area contributed by atoms with E-state index < -0.39 is 6.18 Å². The first kappa shape index (κ1) is 7.90. The van der Waals surface area contributed by atoms with E-state index in [1.54, 1.807) is 6.92 Å². The molecule has 0 saturated heterocycles. The third-order valence-electron chi connectivity index (χ3n) is 2.43. The van der Waals surface area contributed by atoms with Crippen LogP contribution in [0.2, 0.25) is 0 Å². The van der Waals surface area contributed by atoms with Gasteiger partial charge in [-0.05, 0) is 25.2 Å². The Kier molecular flexibility index (Phi) is 1.41. The smallest absolute Gasteiger partial charge is 0.166 e. The molecule has 1 fully saturated rings. The van der Waals surface area contributed by atoms with Crippen LogP contribution in [0.5, 0.6) is 0 Å². The van der Waals surface area contributed by atoms with Crippen molar-refractivity contribution in [3.63, 3.8) is 0 Å². The molecule has 1 saturated carbocycles. The maximum atomic E-state index is 12.3. The van der Waals surface area contributed by atoms with Gasteiger partial charge in [-0.3, -0.25) is 0 Å². The lowest BCUT2D eigenvalue weighted by Gasteiger charge is -2.14. The fourth-order valence-electron chi connectivity index (χ4n) is 1.79. The molecule has 66 valence electrons. The minimum absolute atomic E-state index is 0.173. The van der Waals surface area contributed by atoms with Gasteiger partial charge in [0.25, 0.3) is 0 Å². The van der Waals surface area contributed by atoms with E-state index in [1.165, 1.54) is 6.08 Å². The monoisotopic (exact) mass is 174 g/mol. The molecule has 12 heavy (non-hydrogen) atoms. The Morgan fingerprint density at radius 2 is 2.08 bits per heavy atom. The van der Waals surface area contributed by atoms with Crippen LogP contribution in [0.4, 0.5) is 13.2 Å². The van der Waals surface area contributed by atoms with Crippen molar-refractivity contribution in [2.45, 2.75) is 19.5 Å². The minimum atomic E-state index is -4.12. The van der Waals surface area contributed by atoms with Crippen LogP contribution in [-0.2, 0) is 0 Å². The Labute approximate surface area is 68.8 Å². The standard InChI is InChI=1S/C9H9F3/c1-5-2-6-4-7(6)8(3-5)9(10,11)12/h2-3,6-7H,4H2,1H3. The Bertz CT molecular complexity index is 270. The molecule has 0 aromatic carbocycles. The molecule has 2 aliphatic carbocycles. The van der Waals surface area contributed by atoms with E-state index in [0.717, 1.165) is 5.57 Å². The number of fused-ring (bicyclic) bond motifs is 1. The van der Waals surface area contributed by atoms with E-state index in [2.05, 4.69) is 0 Å². The maximum absolute atomic E-state index is 12.3. The van der Waals surface area contributed by atoms with Gasteiger partial charge in [0.1, 0.15) is 0 Å². The van der Waals surface area contributed by atoms with Crippen molar-refractivity contribution in [1.29, 1.82) is 0 Å². The van der Waals surface area contributed by atoms with Gasteiger partial charge in [0.2, 0.25) is 0 Å². The third-order valence-corrected chi connectivity index (χ3v) is 2.43. The summed E-state index contributed by atoms with van der Waals surface area (Å²) in [5.74, 6) is -0.0553. The van der Waals surface area contributed by atoms with Crippen molar-refractivity contribution in [3.8, 4) is 0 Å². The molecular formula is C9H9F3. The molecule has 0 N–H and O–H groups in total. The quantitative estimate of drug-likeness (QED) is 0.529. The molecule has 0 spiro atoms. The van der Waals surface area contributed by atoms with Gasteiger partial charge in [0, 0.05) is 5.57 Å². The number of hydrogen-bond acceptors (Lipinski definition) is 0. The fourth-order valence-corrected chi connectivity index (χ4v) is 1.79. The fraction of sp³-hybridized carbons (Fsp3) is 0.556. The maximum Gasteiger partial charge on any atom is 0.412 e. The van der Waals surface area contributed by atoms with Crippen LogP contribution in [0, 0.1) is 11.8 Å². The van der Waals surface area contributed by atoms with Crippen molar-refractivity contribution in [3.05, 3.63) is 23.3 Å². The zero-order valence-corrected chi connectivity index (χ0v) is 6.65. The van der Waals surface area contributed by atoms with Crippen molar-refractivity contribution >= 4 is 0 Å². The SMILES string of the molecule is CC1=CC2CC2C(C(F)(F)F)=C1. The van der Waals surface area contributed by atoms with Crippen molar-refractivity contribution in [2.75, 3.05) is 0 Å². The molecule has 0 nitrogen and oxygen atoms in total. The topological polar surface area (TPSA) is 0 Å². The number of hydrogen-bond donors (Lipinski definition) is 0. The number of rotatable bonds is 0. The van der Waals surface area contributed by atoms with Crippen LogP contribution in [0.15, 0.2) is 23.3 Å². The molecule has 0 aromatic rings. The Morgan fingerprint density at radius 1 is 1.42 bits per heavy atom. The second-order valence-electron chi connectivity index (χ2n) is 3.51. The van der Waals surface area contributed by atoms with Crippen LogP contribution >= 0.6 is 0 Å². The normalized spacial score (nSPS) is 33.7. The van der Waals surface area contributed by atoms with Gasteiger partial charge in [0.15, 0.2) is 0 Å². The number of allylic oxidation sites excluding steroid dienone is 4. The average Bonchev–Trinajstić information content (AvgIpc) is 2.61. The minimum Gasteiger partial charge on any atom is -0.166 e. The lowest BCUT2D eigenvalue weighted by molar-refractivity contribution is -0.0959. The average molecular weight is 174 g/mol. The van der Waals surface area contributed by atoms with Gasteiger partial charge in [-0.1, -0.05) is 17.7 Å². The van der Waals surface area contributed by atoms with Crippen LogP contribution in [-0.4, -0.2) is 6.18 Å². The molecule has 2 aliphatic rings. The van der Waals surface area contributed by atoms with E-state index in [1.807, 2.05) is 6.08 Å². The van der Waals surface area contributed by atoms with Gasteiger partial charge < -0.3 is 0 Å². The summed E-state index contributed by atoms with van der Waals surface area (Å²) in [6, 6.07) is 0. The summed E-state index contributed by atoms with van der Waals surface area (Å²) in [6.07, 6.45) is -0.230. The van der Waals surface area contributed by atoms with E-state index in [-0.39, 0.29) is 17.4 Å². The summed E-state index contributed by atoms with van der Waals surface area (Å²) >= 11 is 0. The molecule has 0 radical (unpaired) electrons. The van der Waals surface area contributed by atoms with Crippen LogP contribution in [0.1, 0.15) is 13.3 Å². The van der Waals surface area contributed by atoms with Gasteiger partial charge >= 0.3 is 6.18 Å². The molecule has 0 bridgehead atoms. The Morgan fingerprint density at radius 3 is 2.67 bits per heavy atom. The van der Waals surface area contributed by atoms with E-state index in [0.29, 0.717) is 6.42 Å². The summed E-state index contributed by atoms with van der Waals surface area (Å²) in [5.41, 5.74) is 0.425. The molecule has 0 aliphatic heterocycles. The molecule has 0 heterocycles. The van der Waals surface area contributed by atoms with Gasteiger partial charge in [-0.25, -0.2) is 0 Å². The molecule has 2 atom stereocenters. The third kappa shape index (κ3) is 1.17. The summed E-state index contributed by atoms with van der Waals surface area (Å²) in [6.45, 7) is 1.72. The highest BCUT2D eigenvalue weighted by Crippen LogP contribution is 2.53.